The van der Waals surface area contributed by atoms with Gasteiger partial charge in [-0.1, -0.05) is 0 Å². The Kier molecular flexibility index (Phi) is 6.19. The zero-order chi connectivity index (χ0) is 24.6. The highest BCUT2D eigenvalue weighted by atomic mass is 19.1. The van der Waals surface area contributed by atoms with E-state index in [0.717, 1.165) is 48.8 Å². The van der Waals surface area contributed by atoms with Crippen molar-refractivity contribution in [2.75, 3.05) is 24.5 Å². The Morgan fingerprint density at radius 1 is 1.11 bits per heavy atom. The molecule has 3 aromatic rings. The second kappa shape index (κ2) is 9.30. The van der Waals surface area contributed by atoms with Crippen molar-refractivity contribution in [3.63, 3.8) is 0 Å². The molecular formula is C26H28F2N6O. The highest BCUT2D eigenvalue weighted by Crippen LogP contribution is 2.39. The van der Waals surface area contributed by atoms with Crippen molar-refractivity contribution in [1.29, 1.82) is 0 Å². The minimum absolute atomic E-state index is 0.0203. The van der Waals surface area contributed by atoms with E-state index in [0.29, 0.717) is 36.4 Å². The van der Waals surface area contributed by atoms with Crippen LogP contribution in [0.15, 0.2) is 36.5 Å². The van der Waals surface area contributed by atoms with Crippen molar-refractivity contribution in [3.05, 3.63) is 70.8 Å². The van der Waals surface area contributed by atoms with Gasteiger partial charge in [-0.3, -0.25) is 9.78 Å². The molecule has 1 aromatic carbocycles. The fraction of sp³-hybridized carbons (Fsp3) is 0.385. The number of carbonyl (C=O) groups excluding carboxylic acids is 1. The standard InChI is InChI=1S/C26H28F2N6O/c1-16-8-18(9-17(2)32-16)13-29-25(35)23-24(34-7-5-26(15-34)4-3-6-30-26)22(14-31-33-23)19-10-20(27)12-21(28)11-19/h8-12,14,30H,3-7,13,15H2,1-2H3,(H,29,35)/t26-/m0/s1. The maximum atomic E-state index is 14.1. The molecule has 2 aliphatic heterocycles. The molecule has 2 fully saturated rings. The van der Waals surface area contributed by atoms with Crippen LogP contribution in [0, 0.1) is 25.5 Å². The summed E-state index contributed by atoms with van der Waals surface area (Å²) < 4.78 is 28.2. The molecule has 4 heterocycles. The first kappa shape index (κ1) is 23.3. The van der Waals surface area contributed by atoms with Crippen molar-refractivity contribution in [2.45, 2.75) is 45.2 Å². The molecule has 9 heteroatoms. The number of hydrogen-bond donors (Lipinski definition) is 2. The number of aryl methyl sites for hydroxylation is 2. The molecule has 0 aliphatic carbocycles. The lowest BCUT2D eigenvalue weighted by Crippen LogP contribution is -2.42. The number of aromatic nitrogens is 3. The topological polar surface area (TPSA) is 83.0 Å². The third-order valence-electron chi connectivity index (χ3n) is 6.81. The Morgan fingerprint density at radius 2 is 1.86 bits per heavy atom. The van der Waals surface area contributed by atoms with E-state index in [1.54, 1.807) is 0 Å². The molecule has 0 radical (unpaired) electrons. The molecule has 182 valence electrons. The maximum Gasteiger partial charge on any atom is 0.274 e. The zero-order valence-corrected chi connectivity index (χ0v) is 19.9. The Bertz CT molecular complexity index is 1230. The van der Waals surface area contributed by atoms with Crippen molar-refractivity contribution < 1.29 is 13.6 Å². The molecule has 1 atom stereocenters. The summed E-state index contributed by atoms with van der Waals surface area (Å²) in [7, 11) is 0. The van der Waals surface area contributed by atoms with Gasteiger partial charge < -0.3 is 15.5 Å². The third-order valence-corrected chi connectivity index (χ3v) is 6.81. The lowest BCUT2D eigenvalue weighted by Gasteiger charge is -2.27. The van der Waals surface area contributed by atoms with Gasteiger partial charge in [0, 0.05) is 48.2 Å². The van der Waals surface area contributed by atoms with Crippen LogP contribution >= 0.6 is 0 Å². The number of hydrogen-bond acceptors (Lipinski definition) is 6. The number of nitrogens with one attached hydrogen (secondary N) is 2. The minimum atomic E-state index is -0.687. The summed E-state index contributed by atoms with van der Waals surface area (Å²) in [6, 6.07) is 7.18. The number of anilines is 1. The molecular weight excluding hydrogens is 450 g/mol. The molecule has 2 aliphatic rings. The predicted molar refractivity (Wildman–Crippen MR) is 129 cm³/mol. The zero-order valence-electron chi connectivity index (χ0n) is 19.9. The summed E-state index contributed by atoms with van der Waals surface area (Å²) in [6.07, 6.45) is 4.54. The van der Waals surface area contributed by atoms with Crippen LogP contribution in [0.25, 0.3) is 11.1 Å². The van der Waals surface area contributed by atoms with Gasteiger partial charge in [0.15, 0.2) is 5.69 Å². The Morgan fingerprint density at radius 3 is 2.54 bits per heavy atom. The smallest absolute Gasteiger partial charge is 0.274 e. The Labute approximate surface area is 203 Å². The second-order valence-corrected chi connectivity index (χ2v) is 9.54. The van der Waals surface area contributed by atoms with Gasteiger partial charge in [0.05, 0.1) is 11.9 Å². The number of amides is 1. The molecule has 2 aromatic heterocycles. The third kappa shape index (κ3) is 4.86. The Balaban J connectivity index is 1.52. The largest absolute Gasteiger partial charge is 0.367 e. The van der Waals surface area contributed by atoms with E-state index in [1.165, 1.54) is 18.3 Å². The summed E-state index contributed by atoms with van der Waals surface area (Å²) in [5.74, 6) is -1.77. The highest BCUT2D eigenvalue weighted by molar-refractivity contribution is 6.01. The summed E-state index contributed by atoms with van der Waals surface area (Å²) in [5.41, 5.74) is 4.15. The number of benzene rings is 1. The van der Waals surface area contributed by atoms with E-state index in [2.05, 4.69) is 30.7 Å². The molecule has 2 saturated heterocycles. The van der Waals surface area contributed by atoms with Crippen molar-refractivity contribution in [3.8, 4) is 11.1 Å². The van der Waals surface area contributed by atoms with Crippen LogP contribution in [0.3, 0.4) is 0 Å². The normalized spacial score (nSPS) is 19.5. The average Bonchev–Trinajstić information content (AvgIpc) is 3.45. The highest BCUT2D eigenvalue weighted by Gasteiger charge is 2.42. The second-order valence-electron chi connectivity index (χ2n) is 9.54. The molecule has 2 N–H and O–H groups in total. The van der Waals surface area contributed by atoms with Gasteiger partial charge in [0.25, 0.3) is 5.91 Å². The summed E-state index contributed by atoms with van der Waals surface area (Å²) in [4.78, 5) is 19.8. The van der Waals surface area contributed by atoms with E-state index in [4.69, 9.17) is 0 Å². The van der Waals surface area contributed by atoms with Gasteiger partial charge in [0.2, 0.25) is 0 Å². The molecule has 1 spiro atoms. The van der Waals surface area contributed by atoms with Crippen LogP contribution < -0.4 is 15.5 Å². The lowest BCUT2D eigenvalue weighted by molar-refractivity contribution is 0.0945. The lowest BCUT2D eigenvalue weighted by atomic mass is 9.97. The Hall–Kier alpha value is -3.46. The molecule has 5 rings (SSSR count). The van der Waals surface area contributed by atoms with Crippen molar-refractivity contribution in [2.24, 2.45) is 0 Å². The number of rotatable bonds is 5. The van der Waals surface area contributed by atoms with Crippen LogP contribution in [-0.4, -0.2) is 46.3 Å². The van der Waals surface area contributed by atoms with Gasteiger partial charge in [-0.05, 0) is 75.0 Å². The van der Waals surface area contributed by atoms with Gasteiger partial charge in [0.1, 0.15) is 11.6 Å². The number of nitrogens with zero attached hydrogens (tertiary/aromatic N) is 4. The maximum absolute atomic E-state index is 14.1. The summed E-state index contributed by atoms with van der Waals surface area (Å²) in [5, 5.41) is 14.8. The average molecular weight is 479 g/mol. The van der Waals surface area contributed by atoms with Gasteiger partial charge in [-0.2, -0.15) is 5.10 Å². The molecule has 0 saturated carbocycles. The predicted octanol–water partition coefficient (Wildman–Crippen LogP) is 3.70. The quantitative estimate of drug-likeness (QED) is 0.582. The van der Waals surface area contributed by atoms with E-state index in [9.17, 15) is 13.6 Å². The van der Waals surface area contributed by atoms with Gasteiger partial charge in [-0.15, -0.1) is 5.10 Å². The van der Waals surface area contributed by atoms with Gasteiger partial charge >= 0.3 is 0 Å². The van der Waals surface area contributed by atoms with Gasteiger partial charge in [-0.25, -0.2) is 8.78 Å². The van der Waals surface area contributed by atoms with E-state index in [1.807, 2.05) is 26.0 Å². The summed E-state index contributed by atoms with van der Waals surface area (Å²) >= 11 is 0. The molecule has 0 bridgehead atoms. The molecule has 0 unspecified atom stereocenters. The van der Waals surface area contributed by atoms with E-state index >= 15 is 0 Å². The monoisotopic (exact) mass is 478 g/mol. The number of halogens is 2. The minimum Gasteiger partial charge on any atom is -0.367 e. The SMILES string of the molecule is Cc1cc(CNC(=O)c2nncc(-c3cc(F)cc(F)c3)c2N2CC[C@@]3(CCCN3)C2)cc(C)n1. The number of pyridine rings is 1. The van der Waals surface area contributed by atoms with Crippen LogP contribution in [0.2, 0.25) is 0 Å². The molecule has 35 heavy (non-hydrogen) atoms. The molecule has 1 amide bonds. The first-order chi connectivity index (χ1) is 16.8. The van der Waals surface area contributed by atoms with Crippen molar-refractivity contribution >= 4 is 11.6 Å². The van der Waals surface area contributed by atoms with Crippen LogP contribution in [0.4, 0.5) is 14.5 Å². The van der Waals surface area contributed by atoms with Crippen LogP contribution in [0.1, 0.15) is 46.7 Å². The van der Waals surface area contributed by atoms with Crippen molar-refractivity contribution in [1.82, 2.24) is 25.8 Å². The van der Waals surface area contributed by atoms with Crippen LogP contribution in [-0.2, 0) is 6.54 Å². The first-order valence-electron chi connectivity index (χ1n) is 11.9. The first-order valence-corrected chi connectivity index (χ1v) is 11.9. The van der Waals surface area contributed by atoms with E-state index in [-0.39, 0.29) is 11.2 Å². The van der Waals surface area contributed by atoms with Crippen LogP contribution in [0.5, 0.6) is 0 Å². The fourth-order valence-electron chi connectivity index (χ4n) is 5.34. The fourth-order valence-corrected chi connectivity index (χ4v) is 5.34. The summed E-state index contributed by atoms with van der Waals surface area (Å²) in [6.45, 7) is 6.46. The van der Waals surface area contributed by atoms with E-state index < -0.39 is 17.5 Å². The molecule has 7 nitrogen and oxygen atoms in total. The number of carbonyl (C=O) groups is 1.